The maximum Gasteiger partial charge on any atom is 0.223 e. The minimum absolute atomic E-state index is 0.109. The molecule has 0 unspecified atom stereocenters. The Bertz CT molecular complexity index is 697. The summed E-state index contributed by atoms with van der Waals surface area (Å²) in [6.07, 6.45) is 3.48. The van der Waals surface area contributed by atoms with E-state index in [0.29, 0.717) is 18.2 Å². The summed E-state index contributed by atoms with van der Waals surface area (Å²) in [6, 6.07) is 11.0. The summed E-state index contributed by atoms with van der Waals surface area (Å²) in [6.45, 7) is 2.30. The predicted molar refractivity (Wildman–Crippen MR) is 94.7 cm³/mol. The van der Waals surface area contributed by atoms with E-state index in [0.717, 1.165) is 37.2 Å². The third-order valence-electron chi connectivity index (χ3n) is 4.26. The standard InChI is InChI=1S/C19H23N3O3/c1-24-16-2-4-17(5-3-16)25-18-12-14(6-11-21-18)13-22-19(23)15-7-9-20-10-8-15/h2-6,11-12,15,20H,7-10,13H2,1H3,(H,22,23). The number of piperidine rings is 1. The Morgan fingerprint density at radius 1 is 1.20 bits per heavy atom. The van der Waals surface area contributed by atoms with Crippen molar-refractivity contribution in [1.82, 2.24) is 15.6 Å². The van der Waals surface area contributed by atoms with Gasteiger partial charge in [-0.3, -0.25) is 4.79 Å². The molecule has 6 heteroatoms. The van der Waals surface area contributed by atoms with E-state index in [1.165, 1.54) is 0 Å². The van der Waals surface area contributed by atoms with Gasteiger partial charge >= 0.3 is 0 Å². The molecule has 1 aromatic heterocycles. The summed E-state index contributed by atoms with van der Waals surface area (Å²) >= 11 is 0. The highest BCUT2D eigenvalue weighted by Crippen LogP contribution is 2.22. The van der Waals surface area contributed by atoms with Crippen molar-refractivity contribution < 1.29 is 14.3 Å². The largest absolute Gasteiger partial charge is 0.497 e. The lowest BCUT2D eigenvalue weighted by Crippen LogP contribution is -2.37. The number of carbonyl (C=O) groups is 1. The first-order valence-corrected chi connectivity index (χ1v) is 8.50. The van der Waals surface area contributed by atoms with Gasteiger partial charge in [0, 0.05) is 24.7 Å². The first kappa shape index (κ1) is 17.2. The summed E-state index contributed by atoms with van der Waals surface area (Å²) in [5.74, 6) is 2.19. The van der Waals surface area contributed by atoms with Crippen molar-refractivity contribution >= 4 is 5.91 Å². The summed E-state index contributed by atoms with van der Waals surface area (Å²) in [4.78, 5) is 16.4. The van der Waals surface area contributed by atoms with Gasteiger partial charge in [0.05, 0.1) is 7.11 Å². The molecule has 1 aliphatic rings. The Morgan fingerprint density at radius 3 is 2.64 bits per heavy atom. The Balaban J connectivity index is 1.56. The summed E-state index contributed by atoms with van der Waals surface area (Å²) in [5, 5.41) is 6.28. The number of nitrogens with zero attached hydrogens (tertiary/aromatic N) is 1. The number of pyridine rings is 1. The number of hydrogen-bond donors (Lipinski definition) is 2. The third-order valence-corrected chi connectivity index (χ3v) is 4.26. The van der Waals surface area contributed by atoms with Crippen LogP contribution in [0.5, 0.6) is 17.4 Å². The lowest BCUT2D eigenvalue weighted by molar-refractivity contribution is -0.125. The number of ether oxygens (including phenoxy) is 2. The summed E-state index contributed by atoms with van der Waals surface area (Å²) < 4.78 is 10.9. The van der Waals surface area contributed by atoms with Gasteiger partial charge in [-0.05, 0) is 61.8 Å². The molecule has 1 saturated heterocycles. The maximum atomic E-state index is 12.2. The minimum atomic E-state index is 0.109. The average molecular weight is 341 g/mol. The predicted octanol–water partition coefficient (Wildman–Crippen LogP) is 2.50. The van der Waals surface area contributed by atoms with E-state index in [1.54, 1.807) is 13.3 Å². The second-order valence-electron chi connectivity index (χ2n) is 6.02. The number of rotatable bonds is 6. The minimum Gasteiger partial charge on any atom is -0.497 e. The number of hydrogen-bond acceptors (Lipinski definition) is 5. The fourth-order valence-electron chi connectivity index (χ4n) is 2.80. The smallest absolute Gasteiger partial charge is 0.223 e. The van der Waals surface area contributed by atoms with Crippen LogP contribution in [-0.4, -0.2) is 31.1 Å². The highest BCUT2D eigenvalue weighted by molar-refractivity contribution is 5.78. The molecule has 1 aliphatic heterocycles. The Labute approximate surface area is 147 Å². The molecule has 132 valence electrons. The number of aromatic nitrogens is 1. The fourth-order valence-corrected chi connectivity index (χ4v) is 2.80. The number of carbonyl (C=O) groups excluding carboxylic acids is 1. The van der Waals surface area contributed by atoms with Gasteiger partial charge in [0.2, 0.25) is 11.8 Å². The van der Waals surface area contributed by atoms with Crippen molar-refractivity contribution in [3.8, 4) is 17.4 Å². The molecule has 25 heavy (non-hydrogen) atoms. The second kappa shape index (κ2) is 8.48. The molecule has 0 radical (unpaired) electrons. The van der Waals surface area contributed by atoms with Crippen LogP contribution in [0.4, 0.5) is 0 Å². The van der Waals surface area contributed by atoms with E-state index >= 15 is 0 Å². The van der Waals surface area contributed by atoms with Gasteiger partial charge in [-0.1, -0.05) is 0 Å². The van der Waals surface area contributed by atoms with Crippen LogP contribution < -0.4 is 20.1 Å². The van der Waals surface area contributed by atoms with Crippen LogP contribution in [0.1, 0.15) is 18.4 Å². The van der Waals surface area contributed by atoms with Gasteiger partial charge in [-0.15, -0.1) is 0 Å². The van der Waals surface area contributed by atoms with Crippen LogP contribution in [0.3, 0.4) is 0 Å². The van der Waals surface area contributed by atoms with Gasteiger partial charge in [-0.25, -0.2) is 4.98 Å². The highest BCUT2D eigenvalue weighted by Gasteiger charge is 2.20. The van der Waals surface area contributed by atoms with Gasteiger partial charge in [0.25, 0.3) is 0 Å². The molecular weight excluding hydrogens is 318 g/mol. The van der Waals surface area contributed by atoms with Crippen molar-refractivity contribution in [2.24, 2.45) is 5.92 Å². The summed E-state index contributed by atoms with van der Waals surface area (Å²) in [5.41, 5.74) is 0.959. The van der Waals surface area contributed by atoms with Crippen LogP contribution in [0.25, 0.3) is 0 Å². The van der Waals surface area contributed by atoms with E-state index in [9.17, 15) is 4.79 Å². The number of amides is 1. The van der Waals surface area contributed by atoms with E-state index in [-0.39, 0.29) is 11.8 Å². The Kier molecular flexibility index (Phi) is 5.85. The van der Waals surface area contributed by atoms with E-state index in [1.807, 2.05) is 36.4 Å². The van der Waals surface area contributed by atoms with Crippen molar-refractivity contribution in [3.05, 3.63) is 48.2 Å². The van der Waals surface area contributed by atoms with Crippen LogP contribution in [-0.2, 0) is 11.3 Å². The average Bonchev–Trinajstić information content (AvgIpc) is 2.68. The SMILES string of the molecule is COc1ccc(Oc2cc(CNC(=O)C3CCNCC3)ccn2)cc1. The molecule has 1 aromatic carbocycles. The fraction of sp³-hybridized carbons (Fsp3) is 0.368. The van der Waals surface area contributed by atoms with Crippen molar-refractivity contribution in [2.75, 3.05) is 20.2 Å². The molecule has 0 atom stereocenters. The second-order valence-corrected chi connectivity index (χ2v) is 6.02. The lowest BCUT2D eigenvalue weighted by Gasteiger charge is -2.21. The van der Waals surface area contributed by atoms with Crippen LogP contribution in [0.15, 0.2) is 42.6 Å². The zero-order valence-corrected chi connectivity index (χ0v) is 14.3. The first-order valence-electron chi connectivity index (χ1n) is 8.50. The molecule has 3 rings (SSSR count). The Hall–Kier alpha value is -2.60. The van der Waals surface area contributed by atoms with Crippen LogP contribution in [0, 0.1) is 5.92 Å². The molecule has 1 amide bonds. The molecule has 0 saturated carbocycles. The van der Waals surface area contributed by atoms with E-state index in [2.05, 4.69) is 15.6 Å². The zero-order valence-electron chi connectivity index (χ0n) is 14.3. The number of benzene rings is 1. The third kappa shape index (κ3) is 4.93. The molecular formula is C19H23N3O3. The lowest BCUT2D eigenvalue weighted by atomic mass is 9.97. The van der Waals surface area contributed by atoms with Gasteiger partial charge in [0.15, 0.2) is 0 Å². The van der Waals surface area contributed by atoms with Crippen molar-refractivity contribution in [3.63, 3.8) is 0 Å². The highest BCUT2D eigenvalue weighted by atomic mass is 16.5. The molecule has 2 N–H and O–H groups in total. The Morgan fingerprint density at radius 2 is 1.92 bits per heavy atom. The molecule has 0 bridgehead atoms. The molecule has 6 nitrogen and oxygen atoms in total. The quantitative estimate of drug-likeness (QED) is 0.845. The number of methoxy groups -OCH3 is 1. The normalized spacial score (nSPS) is 14.8. The number of nitrogens with one attached hydrogen (secondary N) is 2. The van der Waals surface area contributed by atoms with E-state index in [4.69, 9.17) is 9.47 Å². The van der Waals surface area contributed by atoms with Gasteiger partial charge in [0.1, 0.15) is 11.5 Å². The molecule has 0 aliphatic carbocycles. The van der Waals surface area contributed by atoms with Gasteiger partial charge in [-0.2, -0.15) is 0 Å². The maximum absolute atomic E-state index is 12.2. The zero-order chi connectivity index (χ0) is 17.5. The molecule has 0 spiro atoms. The van der Waals surface area contributed by atoms with Crippen LogP contribution >= 0.6 is 0 Å². The van der Waals surface area contributed by atoms with Crippen molar-refractivity contribution in [1.29, 1.82) is 0 Å². The van der Waals surface area contributed by atoms with Crippen molar-refractivity contribution in [2.45, 2.75) is 19.4 Å². The van der Waals surface area contributed by atoms with Gasteiger partial charge < -0.3 is 20.1 Å². The monoisotopic (exact) mass is 341 g/mol. The topological polar surface area (TPSA) is 72.5 Å². The van der Waals surface area contributed by atoms with Crippen LogP contribution in [0.2, 0.25) is 0 Å². The molecule has 1 fully saturated rings. The summed E-state index contributed by atoms with van der Waals surface area (Å²) in [7, 11) is 1.62. The van der Waals surface area contributed by atoms with E-state index < -0.39 is 0 Å². The first-order chi connectivity index (χ1) is 12.2. The molecule has 2 aromatic rings. The molecule has 2 heterocycles.